The van der Waals surface area contributed by atoms with Crippen LogP contribution in [0.2, 0.25) is 0 Å². The number of carboxylic acid groups (broad SMARTS) is 1. The van der Waals surface area contributed by atoms with Gasteiger partial charge in [0.2, 0.25) is 0 Å². The Bertz CT molecular complexity index is 624. The Hall–Kier alpha value is -1.58. The molecule has 0 aromatic heterocycles. The van der Waals surface area contributed by atoms with Crippen LogP contribution in [-0.2, 0) is 14.3 Å². The van der Waals surface area contributed by atoms with Gasteiger partial charge in [0.05, 0.1) is 0 Å². The second-order valence-electron chi connectivity index (χ2n) is 12.1. The van der Waals surface area contributed by atoms with Gasteiger partial charge in [-0.05, 0) is 44.6 Å². The van der Waals surface area contributed by atoms with Crippen LogP contribution in [0.5, 0.6) is 0 Å². The van der Waals surface area contributed by atoms with Crippen LogP contribution in [0, 0.1) is 0 Å². The molecule has 1 N–H and O–H groups in total. The maximum Gasteiger partial charge on any atom is 0.306 e. The van der Waals surface area contributed by atoms with E-state index < -0.39 is 5.97 Å². The molecule has 0 aliphatic heterocycles. The molecule has 240 valence electrons. The zero-order valence-electron chi connectivity index (χ0n) is 27.4. The van der Waals surface area contributed by atoms with Gasteiger partial charge in [-0.15, -0.1) is 0 Å². The SMILES string of the molecule is CCCC/C=C\C/C=C\C(CCCCCCC(=O)O)OC(=O)CCCCCCCCCCCCCCCCCCC. The number of allylic oxidation sites excluding steroid dienone is 3. The lowest BCUT2D eigenvalue weighted by Crippen LogP contribution is -2.16. The molecule has 0 bridgehead atoms. The molecule has 4 heteroatoms. The first kappa shape index (κ1) is 39.4. The summed E-state index contributed by atoms with van der Waals surface area (Å²) >= 11 is 0. The highest BCUT2D eigenvalue weighted by Crippen LogP contribution is 2.16. The fraction of sp³-hybridized carbons (Fsp3) is 0.838. The number of rotatable bonds is 32. The molecule has 0 aromatic carbocycles. The van der Waals surface area contributed by atoms with E-state index in [1.807, 2.05) is 6.08 Å². The summed E-state index contributed by atoms with van der Waals surface area (Å²) in [6.45, 7) is 4.49. The lowest BCUT2D eigenvalue weighted by Gasteiger charge is -2.14. The first-order valence-electron chi connectivity index (χ1n) is 17.8. The highest BCUT2D eigenvalue weighted by Gasteiger charge is 2.11. The summed E-state index contributed by atoms with van der Waals surface area (Å²) in [5.41, 5.74) is 0. The molecule has 4 nitrogen and oxygen atoms in total. The summed E-state index contributed by atoms with van der Waals surface area (Å²) in [6, 6.07) is 0. The summed E-state index contributed by atoms with van der Waals surface area (Å²) in [4.78, 5) is 23.2. The lowest BCUT2D eigenvalue weighted by molar-refractivity contribution is -0.147. The summed E-state index contributed by atoms with van der Waals surface area (Å²) in [5.74, 6) is -0.805. The predicted molar refractivity (Wildman–Crippen MR) is 176 cm³/mol. The van der Waals surface area contributed by atoms with E-state index in [1.165, 1.54) is 109 Å². The number of esters is 1. The zero-order chi connectivity index (χ0) is 30.1. The average Bonchev–Trinajstić information content (AvgIpc) is 2.95. The average molecular weight is 577 g/mol. The molecule has 0 aromatic rings. The van der Waals surface area contributed by atoms with Gasteiger partial charge in [0.15, 0.2) is 0 Å². The fourth-order valence-electron chi connectivity index (χ4n) is 5.24. The molecule has 41 heavy (non-hydrogen) atoms. The largest absolute Gasteiger partial charge is 0.481 e. The van der Waals surface area contributed by atoms with E-state index in [9.17, 15) is 9.59 Å². The van der Waals surface area contributed by atoms with Crippen LogP contribution >= 0.6 is 0 Å². The molecule has 1 unspecified atom stereocenters. The Balaban J connectivity index is 3.90. The van der Waals surface area contributed by atoms with Crippen molar-refractivity contribution in [3.63, 3.8) is 0 Å². The summed E-state index contributed by atoms with van der Waals surface area (Å²) in [5, 5.41) is 8.79. The summed E-state index contributed by atoms with van der Waals surface area (Å²) in [6.07, 6.45) is 40.7. The number of ether oxygens (including phenoxy) is 1. The molecule has 0 fully saturated rings. The van der Waals surface area contributed by atoms with Gasteiger partial charge in [0.25, 0.3) is 0 Å². The van der Waals surface area contributed by atoms with Gasteiger partial charge in [0, 0.05) is 12.8 Å². The van der Waals surface area contributed by atoms with E-state index in [1.54, 1.807) is 0 Å². The van der Waals surface area contributed by atoms with E-state index >= 15 is 0 Å². The van der Waals surface area contributed by atoms with Gasteiger partial charge in [-0.3, -0.25) is 9.59 Å². The van der Waals surface area contributed by atoms with Crippen molar-refractivity contribution < 1.29 is 19.4 Å². The predicted octanol–water partition coefficient (Wildman–Crippen LogP) is 12.1. The Labute approximate surface area is 255 Å². The number of aliphatic carboxylic acids is 1. The van der Waals surface area contributed by atoms with Crippen molar-refractivity contribution in [2.75, 3.05) is 0 Å². The molecule has 0 aliphatic rings. The highest BCUT2D eigenvalue weighted by molar-refractivity contribution is 5.69. The molecule has 0 radical (unpaired) electrons. The van der Waals surface area contributed by atoms with Crippen molar-refractivity contribution in [3.8, 4) is 0 Å². The minimum absolute atomic E-state index is 0.0787. The molecule has 0 aliphatic carbocycles. The quantitative estimate of drug-likeness (QED) is 0.0491. The number of carboxylic acids is 1. The maximum absolute atomic E-state index is 12.5. The van der Waals surface area contributed by atoms with E-state index in [4.69, 9.17) is 9.84 Å². The molecule has 0 amide bonds. The van der Waals surface area contributed by atoms with Crippen LogP contribution in [0.3, 0.4) is 0 Å². The molecular formula is C37H68O4. The lowest BCUT2D eigenvalue weighted by atomic mass is 10.0. The third-order valence-corrected chi connectivity index (χ3v) is 7.91. The van der Waals surface area contributed by atoms with Crippen molar-refractivity contribution in [3.05, 3.63) is 24.3 Å². The molecule has 0 saturated carbocycles. The summed E-state index contributed by atoms with van der Waals surface area (Å²) in [7, 11) is 0. The third kappa shape index (κ3) is 32.8. The first-order valence-corrected chi connectivity index (χ1v) is 17.8. The summed E-state index contributed by atoms with van der Waals surface area (Å²) < 4.78 is 5.83. The smallest absolute Gasteiger partial charge is 0.306 e. The van der Waals surface area contributed by atoms with Gasteiger partial charge < -0.3 is 9.84 Å². The highest BCUT2D eigenvalue weighted by atomic mass is 16.5. The van der Waals surface area contributed by atoms with Crippen molar-refractivity contribution in [1.82, 2.24) is 0 Å². The standard InChI is InChI=1S/C37H68O4/c1-3-5-7-9-11-12-13-14-15-16-17-18-19-20-22-24-30-34-37(40)41-35(31-27-23-21-10-8-6-4-2)32-28-25-26-29-33-36(38)39/h10,21,27,31,35H,3-9,11-20,22-26,28-30,32-34H2,1-2H3,(H,38,39)/b21-10-,31-27-. The van der Waals surface area contributed by atoms with E-state index in [0.717, 1.165) is 57.8 Å². The fourth-order valence-corrected chi connectivity index (χ4v) is 5.24. The zero-order valence-corrected chi connectivity index (χ0v) is 27.4. The molecule has 0 spiro atoms. The van der Waals surface area contributed by atoms with Gasteiger partial charge in [0.1, 0.15) is 6.10 Å². The minimum Gasteiger partial charge on any atom is -0.481 e. The van der Waals surface area contributed by atoms with Crippen LogP contribution in [0.25, 0.3) is 0 Å². The van der Waals surface area contributed by atoms with E-state index in [0.29, 0.717) is 6.42 Å². The molecular weight excluding hydrogens is 508 g/mol. The number of carbonyl (C=O) groups excluding carboxylic acids is 1. The third-order valence-electron chi connectivity index (χ3n) is 7.91. The van der Waals surface area contributed by atoms with Crippen molar-refractivity contribution in [2.24, 2.45) is 0 Å². The number of hydrogen-bond donors (Lipinski definition) is 1. The van der Waals surface area contributed by atoms with Crippen molar-refractivity contribution >= 4 is 11.9 Å². The molecule has 1 atom stereocenters. The first-order chi connectivity index (χ1) is 20.1. The second-order valence-corrected chi connectivity index (χ2v) is 12.1. The van der Waals surface area contributed by atoms with E-state index in [-0.39, 0.29) is 18.5 Å². The Kier molecular flexibility index (Phi) is 31.7. The minimum atomic E-state index is -0.726. The Morgan fingerprint density at radius 2 is 1.02 bits per heavy atom. The van der Waals surface area contributed by atoms with Crippen molar-refractivity contribution in [1.29, 1.82) is 0 Å². The van der Waals surface area contributed by atoms with Crippen LogP contribution in [0.15, 0.2) is 24.3 Å². The second kappa shape index (κ2) is 32.9. The number of carbonyl (C=O) groups is 2. The normalized spacial score (nSPS) is 12.4. The molecule has 0 saturated heterocycles. The van der Waals surface area contributed by atoms with Gasteiger partial charge in [-0.25, -0.2) is 0 Å². The van der Waals surface area contributed by atoms with Crippen LogP contribution in [0.1, 0.15) is 194 Å². The van der Waals surface area contributed by atoms with Gasteiger partial charge >= 0.3 is 11.9 Å². The number of unbranched alkanes of at least 4 members (excludes halogenated alkanes) is 21. The topological polar surface area (TPSA) is 63.6 Å². The van der Waals surface area contributed by atoms with Crippen molar-refractivity contribution in [2.45, 2.75) is 200 Å². The van der Waals surface area contributed by atoms with E-state index in [2.05, 4.69) is 32.1 Å². The molecule has 0 rings (SSSR count). The van der Waals surface area contributed by atoms with Gasteiger partial charge in [-0.2, -0.15) is 0 Å². The Morgan fingerprint density at radius 3 is 1.54 bits per heavy atom. The number of hydrogen-bond acceptors (Lipinski definition) is 3. The maximum atomic E-state index is 12.5. The van der Waals surface area contributed by atoms with Crippen LogP contribution in [0.4, 0.5) is 0 Å². The Morgan fingerprint density at radius 1 is 0.561 bits per heavy atom. The monoisotopic (exact) mass is 577 g/mol. The van der Waals surface area contributed by atoms with Crippen LogP contribution in [-0.4, -0.2) is 23.1 Å². The van der Waals surface area contributed by atoms with Crippen LogP contribution < -0.4 is 0 Å². The molecule has 0 heterocycles. The van der Waals surface area contributed by atoms with Gasteiger partial charge in [-0.1, -0.05) is 160 Å².